The van der Waals surface area contributed by atoms with E-state index < -0.39 is 0 Å². The molecule has 6 heteroatoms. The lowest BCUT2D eigenvalue weighted by Crippen LogP contribution is -2.18. The fraction of sp³-hybridized carbons (Fsp3) is 0.333. The summed E-state index contributed by atoms with van der Waals surface area (Å²) in [5.74, 6) is 1.25. The summed E-state index contributed by atoms with van der Waals surface area (Å²) in [5.41, 5.74) is 5.59. The molecular weight excluding hydrogens is 416 g/mol. The van der Waals surface area contributed by atoms with Crippen molar-refractivity contribution in [3.05, 3.63) is 70.8 Å². The first kappa shape index (κ1) is 24.1. The molecule has 0 aromatic heterocycles. The molecule has 0 saturated carbocycles. The van der Waals surface area contributed by atoms with Crippen LogP contribution in [0.3, 0.4) is 0 Å². The zero-order chi connectivity index (χ0) is 24.2. The Kier molecular flexibility index (Phi) is 6.96. The number of carbonyl (C=O) groups excluding carboxylic acids is 1. The largest absolute Gasteiger partial charge is 0.507 e. The molecule has 0 spiro atoms. The molecule has 0 radical (unpaired) electrons. The van der Waals surface area contributed by atoms with Gasteiger partial charge in [0.2, 0.25) is 6.79 Å². The number of hydrogen-bond donors (Lipinski definition) is 2. The third-order valence-corrected chi connectivity index (χ3v) is 5.24. The summed E-state index contributed by atoms with van der Waals surface area (Å²) in [6.45, 7) is 12.8. The van der Waals surface area contributed by atoms with Crippen molar-refractivity contribution >= 4 is 18.2 Å². The Bertz CT molecular complexity index is 1120. The van der Waals surface area contributed by atoms with Crippen molar-refractivity contribution in [3.8, 4) is 17.2 Å². The highest BCUT2D eigenvalue weighted by Gasteiger charge is 2.24. The second-order valence-electron chi connectivity index (χ2n) is 10.0. The molecule has 3 rings (SSSR count). The molecule has 0 aliphatic carbocycles. The van der Waals surface area contributed by atoms with Crippen LogP contribution in [0.5, 0.6) is 17.2 Å². The summed E-state index contributed by atoms with van der Waals surface area (Å²) >= 11 is 0. The number of nitrogens with zero attached hydrogens (tertiary/aromatic N) is 1. The molecule has 1 aliphatic heterocycles. The van der Waals surface area contributed by atoms with Crippen molar-refractivity contribution in [2.75, 3.05) is 6.79 Å². The number of phenols is 1. The summed E-state index contributed by atoms with van der Waals surface area (Å²) in [5, 5.41) is 14.8. The monoisotopic (exact) mass is 448 g/mol. The number of aromatic hydroxyl groups is 1. The predicted octanol–water partition coefficient (Wildman–Crippen LogP) is 5.44. The molecule has 174 valence electrons. The molecular formula is C27H32N2O4. The van der Waals surface area contributed by atoms with Gasteiger partial charge in [0.25, 0.3) is 5.91 Å². The first-order valence-electron chi connectivity index (χ1n) is 10.9. The molecule has 0 unspecified atom stereocenters. The van der Waals surface area contributed by atoms with Crippen LogP contribution in [0.25, 0.3) is 6.08 Å². The van der Waals surface area contributed by atoms with Crippen molar-refractivity contribution in [1.82, 2.24) is 5.43 Å². The van der Waals surface area contributed by atoms with E-state index in [0.717, 1.165) is 22.4 Å². The number of hydrogen-bond acceptors (Lipinski definition) is 5. The van der Waals surface area contributed by atoms with Gasteiger partial charge in [-0.25, -0.2) is 5.43 Å². The van der Waals surface area contributed by atoms with E-state index in [4.69, 9.17) is 9.47 Å². The Morgan fingerprint density at radius 1 is 1.00 bits per heavy atom. The van der Waals surface area contributed by atoms with Gasteiger partial charge in [-0.1, -0.05) is 71.9 Å². The van der Waals surface area contributed by atoms with Crippen LogP contribution in [-0.2, 0) is 15.6 Å². The van der Waals surface area contributed by atoms with E-state index in [2.05, 4.69) is 52.1 Å². The molecule has 0 bridgehead atoms. The normalized spacial score (nSPS) is 14.0. The lowest BCUT2D eigenvalue weighted by Gasteiger charge is -2.26. The summed E-state index contributed by atoms with van der Waals surface area (Å²) < 4.78 is 10.6. The molecule has 33 heavy (non-hydrogen) atoms. The fourth-order valence-corrected chi connectivity index (χ4v) is 3.29. The quantitative estimate of drug-likeness (QED) is 0.276. The van der Waals surface area contributed by atoms with Crippen LogP contribution in [0.4, 0.5) is 0 Å². The van der Waals surface area contributed by atoms with Gasteiger partial charge in [-0.05, 0) is 40.2 Å². The second-order valence-corrected chi connectivity index (χ2v) is 10.0. The summed E-state index contributed by atoms with van der Waals surface area (Å²) in [6, 6.07) is 9.58. The third-order valence-electron chi connectivity index (χ3n) is 5.24. The van der Waals surface area contributed by atoms with Gasteiger partial charge in [0, 0.05) is 17.2 Å². The average Bonchev–Trinajstić information content (AvgIpc) is 3.18. The lowest BCUT2D eigenvalue weighted by molar-refractivity contribution is -0.116. The fourth-order valence-electron chi connectivity index (χ4n) is 3.29. The van der Waals surface area contributed by atoms with Crippen LogP contribution in [0.2, 0.25) is 0 Å². The van der Waals surface area contributed by atoms with E-state index >= 15 is 0 Å². The minimum Gasteiger partial charge on any atom is -0.507 e. The summed E-state index contributed by atoms with van der Waals surface area (Å²) in [4.78, 5) is 12.1. The highest BCUT2D eigenvalue weighted by molar-refractivity contribution is 5.90. The number of nitrogens with one attached hydrogen (secondary N) is 1. The Balaban J connectivity index is 1.66. The Hall–Kier alpha value is -3.54. The minimum absolute atomic E-state index is 0.0907. The Morgan fingerprint density at radius 3 is 2.42 bits per heavy atom. The van der Waals surface area contributed by atoms with Gasteiger partial charge in [-0.3, -0.25) is 4.79 Å². The highest BCUT2D eigenvalue weighted by Crippen LogP contribution is 2.37. The summed E-state index contributed by atoms with van der Waals surface area (Å²) in [7, 11) is 0. The van der Waals surface area contributed by atoms with Crippen molar-refractivity contribution < 1.29 is 19.4 Å². The maximum absolute atomic E-state index is 12.1. The molecule has 6 nitrogen and oxygen atoms in total. The van der Waals surface area contributed by atoms with Crippen molar-refractivity contribution in [2.45, 2.75) is 52.4 Å². The van der Waals surface area contributed by atoms with Crippen molar-refractivity contribution in [3.63, 3.8) is 0 Å². The van der Waals surface area contributed by atoms with E-state index in [0.29, 0.717) is 11.3 Å². The highest BCUT2D eigenvalue weighted by atomic mass is 16.7. The summed E-state index contributed by atoms with van der Waals surface area (Å²) in [6.07, 6.45) is 8.11. The van der Waals surface area contributed by atoms with Crippen LogP contribution in [0.15, 0.2) is 53.7 Å². The van der Waals surface area contributed by atoms with E-state index in [9.17, 15) is 9.90 Å². The van der Waals surface area contributed by atoms with Gasteiger partial charge in [0.15, 0.2) is 11.5 Å². The van der Waals surface area contributed by atoms with Gasteiger partial charge in [0.05, 0.1) is 6.21 Å². The zero-order valence-electron chi connectivity index (χ0n) is 20.1. The van der Waals surface area contributed by atoms with Crippen molar-refractivity contribution in [2.24, 2.45) is 5.10 Å². The zero-order valence-corrected chi connectivity index (χ0v) is 20.1. The van der Waals surface area contributed by atoms with E-state index in [1.165, 1.54) is 12.3 Å². The van der Waals surface area contributed by atoms with Crippen molar-refractivity contribution in [1.29, 1.82) is 0 Å². The number of allylic oxidation sites excluding steroid dienone is 2. The molecule has 1 aliphatic rings. The van der Waals surface area contributed by atoms with Gasteiger partial charge in [-0.2, -0.15) is 5.10 Å². The van der Waals surface area contributed by atoms with Gasteiger partial charge < -0.3 is 14.6 Å². The average molecular weight is 449 g/mol. The SMILES string of the molecule is CC(C)(C)c1cc(/C=N\NC(=O)/C=C/C=C/c2ccc3c(c2)OCO3)c(O)c(C(C)(C)C)c1. The van der Waals surface area contributed by atoms with E-state index in [1.54, 1.807) is 12.2 Å². The van der Waals surface area contributed by atoms with Crippen LogP contribution in [0, 0.1) is 0 Å². The molecule has 2 aromatic carbocycles. The molecule has 1 amide bonds. The Morgan fingerprint density at radius 2 is 1.73 bits per heavy atom. The van der Waals surface area contributed by atoms with E-state index in [1.807, 2.05) is 36.4 Å². The van der Waals surface area contributed by atoms with E-state index in [-0.39, 0.29) is 29.3 Å². The topological polar surface area (TPSA) is 80.2 Å². The number of hydrazone groups is 1. The number of carbonyl (C=O) groups is 1. The van der Waals surface area contributed by atoms with Crippen LogP contribution >= 0.6 is 0 Å². The molecule has 2 N–H and O–H groups in total. The second kappa shape index (κ2) is 9.53. The number of fused-ring (bicyclic) bond motifs is 1. The third kappa shape index (κ3) is 6.25. The Labute approximate surface area is 195 Å². The number of ether oxygens (including phenoxy) is 2. The van der Waals surface area contributed by atoms with Gasteiger partial charge in [-0.15, -0.1) is 0 Å². The molecule has 0 atom stereocenters. The van der Waals surface area contributed by atoms with Crippen LogP contribution < -0.4 is 14.9 Å². The van der Waals surface area contributed by atoms with Gasteiger partial charge in [0.1, 0.15) is 5.75 Å². The lowest BCUT2D eigenvalue weighted by atomic mass is 9.79. The predicted molar refractivity (Wildman–Crippen MR) is 132 cm³/mol. The number of benzene rings is 2. The smallest absolute Gasteiger partial charge is 0.264 e. The van der Waals surface area contributed by atoms with Crippen LogP contribution in [-0.4, -0.2) is 24.0 Å². The molecule has 0 saturated heterocycles. The number of phenolic OH excluding ortho intramolecular Hbond substituents is 1. The molecule has 2 aromatic rings. The first-order chi connectivity index (χ1) is 15.4. The molecule has 1 heterocycles. The van der Waals surface area contributed by atoms with Gasteiger partial charge >= 0.3 is 0 Å². The van der Waals surface area contributed by atoms with Crippen LogP contribution in [0.1, 0.15) is 63.8 Å². The maximum atomic E-state index is 12.1. The standard InChI is InChI=1S/C27H32N2O4/c1-26(2,3)20-14-19(25(31)21(15-20)27(4,5)6)16-28-29-24(30)10-8-7-9-18-11-12-22-23(13-18)33-17-32-22/h7-16,31H,17H2,1-6H3,(H,29,30)/b9-7+,10-8+,28-16-. The first-order valence-corrected chi connectivity index (χ1v) is 10.9. The minimum atomic E-state index is -0.371. The number of rotatable bonds is 5. The maximum Gasteiger partial charge on any atom is 0.264 e. The molecule has 0 fully saturated rings. The number of amides is 1.